The Balaban J connectivity index is 1.88. The van der Waals surface area contributed by atoms with E-state index < -0.39 is 0 Å². The minimum absolute atomic E-state index is 0.387. The van der Waals surface area contributed by atoms with E-state index in [1.807, 2.05) is 0 Å². The summed E-state index contributed by atoms with van der Waals surface area (Å²) in [5.41, 5.74) is 5.90. The maximum atomic E-state index is 5.90. The average molecular weight is 304 g/mol. The fourth-order valence-corrected chi connectivity index (χ4v) is 4.25. The zero-order valence-corrected chi connectivity index (χ0v) is 13.7. The van der Waals surface area contributed by atoms with Gasteiger partial charge in [-0.2, -0.15) is 4.98 Å². The third kappa shape index (κ3) is 3.12. The molecule has 0 spiro atoms. The molecule has 0 bridgehead atoms. The lowest BCUT2D eigenvalue weighted by Gasteiger charge is -2.28. The van der Waals surface area contributed by atoms with Crippen LogP contribution in [0, 0.1) is 5.92 Å². The summed E-state index contributed by atoms with van der Waals surface area (Å²) >= 11 is 1.73. The number of thiophene rings is 1. The SMILES string of the molecule is CCc1cc2c(N(C)CC3CCCCC3)nc(N)nc2s1. The molecule has 0 saturated heterocycles. The quantitative estimate of drug-likeness (QED) is 0.932. The Morgan fingerprint density at radius 1 is 1.29 bits per heavy atom. The summed E-state index contributed by atoms with van der Waals surface area (Å²) in [4.78, 5) is 13.5. The molecule has 0 unspecified atom stereocenters. The van der Waals surface area contributed by atoms with E-state index in [1.54, 1.807) is 11.3 Å². The van der Waals surface area contributed by atoms with Crippen LogP contribution in [0.1, 0.15) is 43.9 Å². The fourth-order valence-electron chi connectivity index (χ4n) is 3.28. The van der Waals surface area contributed by atoms with Gasteiger partial charge in [0.25, 0.3) is 0 Å². The monoisotopic (exact) mass is 304 g/mol. The van der Waals surface area contributed by atoms with Crippen molar-refractivity contribution in [2.75, 3.05) is 24.2 Å². The van der Waals surface area contributed by atoms with Gasteiger partial charge in [-0.15, -0.1) is 11.3 Å². The van der Waals surface area contributed by atoms with Crippen molar-refractivity contribution in [3.8, 4) is 0 Å². The predicted octanol–water partition coefficient (Wildman–Crippen LogP) is 3.85. The number of fused-ring (bicyclic) bond motifs is 1. The number of nitrogen functional groups attached to an aromatic ring is 1. The molecule has 3 rings (SSSR count). The number of nitrogens with two attached hydrogens (primary N) is 1. The Hall–Kier alpha value is -1.36. The van der Waals surface area contributed by atoms with E-state index in [1.165, 1.54) is 37.0 Å². The number of nitrogens with zero attached hydrogens (tertiary/aromatic N) is 3. The smallest absolute Gasteiger partial charge is 0.223 e. The largest absolute Gasteiger partial charge is 0.368 e. The standard InChI is InChI=1S/C16H24N4S/c1-3-12-9-13-14(18-16(17)19-15(13)21-12)20(2)10-11-7-5-4-6-8-11/h9,11H,3-8,10H2,1-2H3,(H2,17,18,19). The zero-order chi connectivity index (χ0) is 14.8. The van der Waals surface area contributed by atoms with Crippen LogP contribution < -0.4 is 10.6 Å². The summed E-state index contributed by atoms with van der Waals surface area (Å²) in [5.74, 6) is 2.18. The highest BCUT2D eigenvalue weighted by molar-refractivity contribution is 7.18. The molecule has 2 N–H and O–H groups in total. The second-order valence-electron chi connectivity index (χ2n) is 6.08. The van der Waals surface area contributed by atoms with Gasteiger partial charge in [0.05, 0.1) is 5.39 Å². The van der Waals surface area contributed by atoms with Gasteiger partial charge in [-0.05, 0) is 31.2 Å². The fraction of sp³-hybridized carbons (Fsp3) is 0.625. The van der Waals surface area contributed by atoms with Crippen molar-refractivity contribution in [3.05, 3.63) is 10.9 Å². The normalized spacial score (nSPS) is 16.5. The van der Waals surface area contributed by atoms with Crippen LogP contribution in [0.25, 0.3) is 10.2 Å². The van der Waals surface area contributed by atoms with E-state index in [0.717, 1.165) is 34.9 Å². The molecular formula is C16H24N4S. The van der Waals surface area contributed by atoms with Crippen LogP contribution in [0.2, 0.25) is 0 Å². The molecule has 0 radical (unpaired) electrons. The first-order valence-corrected chi connectivity index (χ1v) is 8.76. The number of aromatic nitrogens is 2. The molecule has 1 aliphatic rings. The topological polar surface area (TPSA) is 55.0 Å². The summed E-state index contributed by atoms with van der Waals surface area (Å²) < 4.78 is 0. The predicted molar refractivity (Wildman–Crippen MR) is 91.1 cm³/mol. The van der Waals surface area contributed by atoms with Gasteiger partial charge >= 0.3 is 0 Å². The second-order valence-corrected chi connectivity index (χ2v) is 7.19. The first-order valence-electron chi connectivity index (χ1n) is 7.94. The van der Waals surface area contributed by atoms with E-state index in [4.69, 9.17) is 5.73 Å². The summed E-state index contributed by atoms with van der Waals surface area (Å²) in [6, 6.07) is 2.23. The molecule has 2 heterocycles. The van der Waals surface area contributed by atoms with Gasteiger partial charge in [-0.3, -0.25) is 0 Å². The number of hydrogen-bond donors (Lipinski definition) is 1. The van der Waals surface area contributed by atoms with Gasteiger partial charge < -0.3 is 10.6 Å². The minimum atomic E-state index is 0.387. The molecule has 0 aliphatic heterocycles. The summed E-state index contributed by atoms with van der Waals surface area (Å²) in [7, 11) is 2.14. The minimum Gasteiger partial charge on any atom is -0.368 e. The molecule has 0 aromatic carbocycles. The Labute approximate surface area is 130 Å². The Bertz CT molecular complexity index is 616. The maximum absolute atomic E-state index is 5.90. The Kier molecular flexibility index (Phi) is 4.29. The second kappa shape index (κ2) is 6.18. The number of anilines is 2. The highest BCUT2D eigenvalue weighted by Gasteiger charge is 2.19. The van der Waals surface area contributed by atoms with Crippen LogP contribution in [0.5, 0.6) is 0 Å². The molecule has 2 aromatic rings. The first kappa shape index (κ1) is 14.6. The van der Waals surface area contributed by atoms with Crippen molar-refractivity contribution in [2.45, 2.75) is 45.4 Å². The van der Waals surface area contributed by atoms with Crippen molar-refractivity contribution in [1.29, 1.82) is 0 Å². The lowest BCUT2D eigenvalue weighted by atomic mass is 9.89. The number of rotatable bonds is 4. The summed E-state index contributed by atoms with van der Waals surface area (Å²) in [6.07, 6.45) is 7.87. The third-order valence-corrected chi connectivity index (χ3v) is 5.58. The van der Waals surface area contributed by atoms with Crippen molar-refractivity contribution < 1.29 is 0 Å². The maximum Gasteiger partial charge on any atom is 0.223 e. The molecule has 5 heteroatoms. The molecule has 0 atom stereocenters. The molecule has 1 fully saturated rings. The molecule has 0 amide bonds. The van der Waals surface area contributed by atoms with Crippen molar-refractivity contribution in [1.82, 2.24) is 9.97 Å². The molecule has 1 saturated carbocycles. The van der Waals surface area contributed by atoms with Gasteiger partial charge in [0.1, 0.15) is 10.6 Å². The van der Waals surface area contributed by atoms with E-state index in [9.17, 15) is 0 Å². The molecule has 1 aliphatic carbocycles. The Morgan fingerprint density at radius 2 is 2.05 bits per heavy atom. The Morgan fingerprint density at radius 3 is 2.76 bits per heavy atom. The van der Waals surface area contributed by atoms with E-state index in [-0.39, 0.29) is 0 Å². The molecule has 114 valence electrons. The van der Waals surface area contributed by atoms with Gasteiger partial charge in [0.2, 0.25) is 5.95 Å². The van der Waals surface area contributed by atoms with Gasteiger partial charge in [0, 0.05) is 18.5 Å². The summed E-state index contributed by atoms with van der Waals surface area (Å²) in [6.45, 7) is 3.25. The van der Waals surface area contributed by atoms with E-state index >= 15 is 0 Å². The first-order chi connectivity index (χ1) is 10.2. The highest BCUT2D eigenvalue weighted by Crippen LogP contribution is 2.33. The van der Waals surface area contributed by atoms with Gasteiger partial charge in [0.15, 0.2) is 0 Å². The lowest BCUT2D eigenvalue weighted by Crippen LogP contribution is -2.27. The van der Waals surface area contributed by atoms with Crippen LogP contribution >= 0.6 is 11.3 Å². The molecule has 4 nitrogen and oxygen atoms in total. The lowest BCUT2D eigenvalue weighted by molar-refractivity contribution is 0.362. The van der Waals surface area contributed by atoms with Gasteiger partial charge in [-0.1, -0.05) is 26.2 Å². The van der Waals surface area contributed by atoms with Crippen LogP contribution in [0.15, 0.2) is 6.07 Å². The average Bonchev–Trinajstić information content (AvgIpc) is 2.90. The van der Waals surface area contributed by atoms with Crippen LogP contribution in [-0.4, -0.2) is 23.6 Å². The molecule has 21 heavy (non-hydrogen) atoms. The molecular weight excluding hydrogens is 280 g/mol. The van der Waals surface area contributed by atoms with Crippen LogP contribution in [0.4, 0.5) is 11.8 Å². The molecule has 2 aromatic heterocycles. The number of hydrogen-bond acceptors (Lipinski definition) is 5. The van der Waals surface area contributed by atoms with Gasteiger partial charge in [-0.25, -0.2) is 4.98 Å². The van der Waals surface area contributed by atoms with E-state index in [2.05, 4.69) is 34.9 Å². The van der Waals surface area contributed by atoms with Crippen molar-refractivity contribution in [2.24, 2.45) is 5.92 Å². The van der Waals surface area contributed by atoms with Crippen molar-refractivity contribution in [3.63, 3.8) is 0 Å². The van der Waals surface area contributed by atoms with Crippen LogP contribution in [0.3, 0.4) is 0 Å². The third-order valence-electron chi connectivity index (χ3n) is 4.41. The zero-order valence-electron chi connectivity index (χ0n) is 12.9. The van der Waals surface area contributed by atoms with E-state index in [0.29, 0.717) is 5.95 Å². The highest BCUT2D eigenvalue weighted by atomic mass is 32.1. The van der Waals surface area contributed by atoms with Crippen molar-refractivity contribution >= 4 is 33.3 Å². The summed E-state index contributed by atoms with van der Waals surface area (Å²) in [5, 5.41) is 1.16. The number of aryl methyl sites for hydroxylation is 1. The van der Waals surface area contributed by atoms with Crippen LogP contribution in [-0.2, 0) is 6.42 Å².